The van der Waals surface area contributed by atoms with Crippen molar-refractivity contribution in [3.63, 3.8) is 0 Å². The van der Waals surface area contributed by atoms with Crippen LogP contribution in [0.1, 0.15) is 127 Å². The van der Waals surface area contributed by atoms with Crippen LogP contribution in [0, 0.1) is 5.41 Å². The normalized spacial score (nSPS) is 33.2. The molecule has 0 atom stereocenters. The Balaban J connectivity index is 1.28. The predicted octanol–water partition coefficient (Wildman–Crippen LogP) is 8.87. The second-order valence-corrected chi connectivity index (χ2v) is 11.0. The Hall–Kier alpha value is -1.08. The summed E-state index contributed by atoms with van der Waals surface area (Å²) in [6.45, 7) is 5.30. The summed E-state index contributed by atoms with van der Waals surface area (Å²) in [5.74, 6) is 0.738. The van der Waals surface area contributed by atoms with E-state index < -0.39 is 0 Å². The van der Waals surface area contributed by atoms with E-state index in [9.17, 15) is 0 Å². The van der Waals surface area contributed by atoms with Gasteiger partial charge < -0.3 is 4.74 Å². The molecular formula is C30H46O. The van der Waals surface area contributed by atoms with Crippen molar-refractivity contribution < 1.29 is 4.74 Å². The van der Waals surface area contributed by atoms with Gasteiger partial charge in [0.1, 0.15) is 0 Å². The average molecular weight is 423 g/mol. The first-order valence-electron chi connectivity index (χ1n) is 13.6. The first kappa shape index (κ1) is 23.1. The minimum Gasteiger partial charge on any atom is -0.374 e. The summed E-state index contributed by atoms with van der Waals surface area (Å²) in [7, 11) is 0. The molecule has 0 heterocycles. The standard InChI is InChI=1S/C30H46O/c1-3-5-7-17-29-18-21-30(22-19-29,23-20-29)27-13-9-25(10-14-27)26-11-15-28(16-12-26)31-24-8-6-4-2/h6,8-10,13-14,26,28H,3-5,7,11-12,15-24H2,1-2H3/b8-6+/t26-,28-,29?,30?. The lowest BCUT2D eigenvalue weighted by Gasteiger charge is -2.54. The molecule has 5 rings (SSSR count). The zero-order chi connectivity index (χ0) is 21.6. The molecule has 0 spiro atoms. The van der Waals surface area contributed by atoms with Crippen LogP contribution >= 0.6 is 0 Å². The number of hydrogen-bond acceptors (Lipinski definition) is 1. The first-order chi connectivity index (χ1) is 15.2. The maximum atomic E-state index is 6.05. The lowest BCUT2D eigenvalue weighted by molar-refractivity contribution is 0.0305. The third-order valence-corrected chi connectivity index (χ3v) is 9.21. The molecule has 4 saturated carbocycles. The molecule has 1 aromatic rings. The Morgan fingerprint density at radius 2 is 1.52 bits per heavy atom. The number of hydrogen-bond donors (Lipinski definition) is 0. The zero-order valence-electron chi connectivity index (χ0n) is 20.3. The van der Waals surface area contributed by atoms with Gasteiger partial charge >= 0.3 is 0 Å². The van der Waals surface area contributed by atoms with Crippen LogP contribution in [-0.2, 0) is 10.2 Å². The molecule has 31 heavy (non-hydrogen) atoms. The molecule has 4 aliphatic rings. The fourth-order valence-electron chi connectivity index (χ4n) is 6.92. The van der Waals surface area contributed by atoms with Gasteiger partial charge in [0, 0.05) is 0 Å². The fraction of sp³-hybridized carbons (Fsp3) is 0.733. The Bertz CT molecular complexity index is 667. The smallest absolute Gasteiger partial charge is 0.0651 e. The molecule has 2 bridgehead atoms. The molecule has 0 N–H and O–H groups in total. The molecule has 0 aromatic heterocycles. The van der Waals surface area contributed by atoms with Gasteiger partial charge in [-0.3, -0.25) is 0 Å². The van der Waals surface area contributed by atoms with Crippen LogP contribution in [0.4, 0.5) is 0 Å². The average Bonchev–Trinajstić information content (AvgIpc) is 2.84. The van der Waals surface area contributed by atoms with Gasteiger partial charge in [0.15, 0.2) is 0 Å². The summed E-state index contributed by atoms with van der Waals surface area (Å²) >= 11 is 0. The Morgan fingerprint density at radius 1 is 0.839 bits per heavy atom. The molecule has 1 heteroatoms. The molecule has 4 fully saturated rings. The SMILES string of the molecule is CC/C=C/CO[C@H]1CC[C@H](c2ccc(C34CCC(CCCCC)(CC3)CC4)cc2)CC1. The van der Waals surface area contributed by atoms with Crippen LogP contribution in [0.15, 0.2) is 36.4 Å². The highest BCUT2D eigenvalue weighted by molar-refractivity contribution is 5.33. The van der Waals surface area contributed by atoms with E-state index in [1.54, 1.807) is 11.1 Å². The third-order valence-electron chi connectivity index (χ3n) is 9.21. The van der Waals surface area contributed by atoms with Gasteiger partial charge in [0.05, 0.1) is 12.7 Å². The van der Waals surface area contributed by atoms with Crippen molar-refractivity contribution in [2.45, 2.75) is 128 Å². The maximum Gasteiger partial charge on any atom is 0.0651 e. The Morgan fingerprint density at radius 3 is 2.13 bits per heavy atom. The van der Waals surface area contributed by atoms with Crippen LogP contribution < -0.4 is 0 Å². The second-order valence-electron chi connectivity index (χ2n) is 11.0. The highest BCUT2D eigenvalue weighted by atomic mass is 16.5. The molecule has 1 aromatic carbocycles. The molecule has 0 unspecified atom stereocenters. The summed E-state index contributed by atoms with van der Waals surface area (Å²) in [5.41, 5.74) is 4.44. The topological polar surface area (TPSA) is 9.23 Å². The highest BCUT2D eigenvalue weighted by Crippen LogP contribution is 2.59. The van der Waals surface area contributed by atoms with Crippen LogP contribution in [-0.4, -0.2) is 12.7 Å². The number of allylic oxidation sites excluding steroid dienone is 1. The number of fused-ring (bicyclic) bond motifs is 3. The molecule has 4 aliphatic carbocycles. The van der Waals surface area contributed by atoms with Gasteiger partial charge in [-0.2, -0.15) is 0 Å². The summed E-state index contributed by atoms with van der Waals surface area (Å²) < 4.78 is 6.05. The molecular weight excluding hydrogens is 376 g/mol. The van der Waals surface area contributed by atoms with Crippen molar-refractivity contribution in [2.75, 3.05) is 6.61 Å². The van der Waals surface area contributed by atoms with Crippen LogP contribution in [0.3, 0.4) is 0 Å². The highest BCUT2D eigenvalue weighted by Gasteiger charge is 2.48. The lowest BCUT2D eigenvalue weighted by Crippen LogP contribution is -2.44. The van der Waals surface area contributed by atoms with E-state index in [2.05, 4.69) is 50.3 Å². The predicted molar refractivity (Wildman–Crippen MR) is 133 cm³/mol. The van der Waals surface area contributed by atoms with Gasteiger partial charge in [-0.1, -0.05) is 69.5 Å². The number of rotatable bonds is 10. The van der Waals surface area contributed by atoms with Gasteiger partial charge in [0.25, 0.3) is 0 Å². The molecule has 0 radical (unpaired) electrons. The Kier molecular flexibility index (Phi) is 7.96. The molecule has 0 aliphatic heterocycles. The van der Waals surface area contributed by atoms with E-state index in [0.29, 0.717) is 16.9 Å². The molecule has 1 nitrogen and oxygen atoms in total. The summed E-state index contributed by atoms with van der Waals surface area (Å²) in [6, 6.07) is 10.0. The van der Waals surface area contributed by atoms with E-state index in [4.69, 9.17) is 4.74 Å². The molecule has 172 valence electrons. The number of benzene rings is 1. The van der Waals surface area contributed by atoms with Crippen molar-refractivity contribution in [3.05, 3.63) is 47.5 Å². The fourth-order valence-corrected chi connectivity index (χ4v) is 6.92. The van der Waals surface area contributed by atoms with Crippen molar-refractivity contribution >= 4 is 0 Å². The van der Waals surface area contributed by atoms with E-state index >= 15 is 0 Å². The van der Waals surface area contributed by atoms with Gasteiger partial charge in [0.2, 0.25) is 0 Å². The second kappa shape index (κ2) is 10.7. The third kappa shape index (κ3) is 5.47. The zero-order valence-corrected chi connectivity index (χ0v) is 20.3. The van der Waals surface area contributed by atoms with E-state index in [1.807, 2.05) is 0 Å². The van der Waals surface area contributed by atoms with Crippen molar-refractivity contribution in [1.82, 2.24) is 0 Å². The minimum atomic E-state index is 0.470. The largest absolute Gasteiger partial charge is 0.374 e. The Labute approximate surface area is 192 Å². The maximum absolute atomic E-state index is 6.05. The monoisotopic (exact) mass is 422 g/mol. The van der Waals surface area contributed by atoms with E-state index in [-0.39, 0.29) is 0 Å². The van der Waals surface area contributed by atoms with Crippen LogP contribution in [0.2, 0.25) is 0 Å². The number of ether oxygens (including phenoxy) is 1. The summed E-state index contributed by atoms with van der Waals surface area (Å²) in [5, 5.41) is 0. The summed E-state index contributed by atoms with van der Waals surface area (Å²) in [6.07, 6.45) is 25.5. The van der Waals surface area contributed by atoms with Crippen LogP contribution in [0.25, 0.3) is 0 Å². The summed E-state index contributed by atoms with van der Waals surface area (Å²) in [4.78, 5) is 0. The van der Waals surface area contributed by atoms with Gasteiger partial charge in [-0.05, 0) is 105 Å². The van der Waals surface area contributed by atoms with Crippen molar-refractivity contribution in [1.29, 1.82) is 0 Å². The van der Waals surface area contributed by atoms with Crippen LogP contribution in [0.5, 0.6) is 0 Å². The molecule has 0 amide bonds. The van der Waals surface area contributed by atoms with Gasteiger partial charge in [-0.15, -0.1) is 0 Å². The lowest BCUT2D eigenvalue weighted by atomic mass is 9.51. The van der Waals surface area contributed by atoms with Crippen molar-refractivity contribution in [3.8, 4) is 0 Å². The molecule has 0 saturated heterocycles. The first-order valence-corrected chi connectivity index (χ1v) is 13.6. The van der Waals surface area contributed by atoms with Gasteiger partial charge in [-0.25, -0.2) is 0 Å². The van der Waals surface area contributed by atoms with E-state index in [0.717, 1.165) is 18.9 Å². The quantitative estimate of drug-likeness (QED) is 0.270. The van der Waals surface area contributed by atoms with E-state index in [1.165, 1.54) is 89.9 Å². The number of unbranched alkanes of at least 4 members (excludes halogenated alkanes) is 2. The van der Waals surface area contributed by atoms with Crippen molar-refractivity contribution in [2.24, 2.45) is 5.41 Å². The minimum absolute atomic E-state index is 0.470.